The summed E-state index contributed by atoms with van der Waals surface area (Å²) >= 11 is 0. The average molecular weight is 408 g/mol. The predicted octanol–water partition coefficient (Wildman–Crippen LogP) is 6.69. The largest absolute Gasteiger partial charge is 0.271 e. The van der Waals surface area contributed by atoms with Gasteiger partial charge in [0.05, 0.1) is 11.8 Å². The van der Waals surface area contributed by atoms with Crippen molar-refractivity contribution in [1.29, 1.82) is 5.26 Å². The average Bonchev–Trinajstić information content (AvgIpc) is 3.30. The summed E-state index contributed by atoms with van der Waals surface area (Å²) in [7, 11) is 0. The van der Waals surface area contributed by atoms with Gasteiger partial charge < -0.3 is 0 Å². The van der Waals surface area contributed by atoms with Gasteiger partial charge in [-0.15, -0.1) is 0 Å². The van der Waals surface area contributed by atoms with Crippen molar-refractivity contribution in [3.8, 4) is 6.07 Å². The van der Waals surface area contributed by atoms with Crippen LogP contribution in [0, 0.1) is 63.6 Å². The number of nitrogens with zero attached hydrogens (tertiary/aromatic N) is 3. The molecule has 8 atom stereocenters. The normalized spacial score (nSPS) is 43.4. The molecular formula is C27H41N3. The van der Waals surface area contributed by atoms with Crippen molar-refractivity contribution in [2.75, 3.05) is 0 Å². The molecule has 3 heteroatoms. The Hall–Kier alpha value is -1.30. The first-order valence-corrected chi connectivity index (χ1v) is 12.7. The maximum absolute atomic E-state index is 9.16. The third-order valence-corrected chi connectivity index (χ3v) is 10.5. The van der Waals surface area contributed by atoms with E-state index in [1.165, 1.54) is 57.8 Å². The summed E-state index contributed by atoms with van der Waals surface area (Å²) in [6.45, 7) is 11.0. The second kappa shape index (κ2) is 7.39. The summed E-state index contributed by atoms with van der Waals surface area (Å²) < 4.78 is 2.02. The Bertz CT molecular complexity index is 816. The number of hydrogen-bond acceptors (Lipinski definition) is 2. The van der Waals surface area contributed by atoms with E-state index in [2.05, 4.69) is 38.9 Å². The molecular weight excluding hydrogens is 366 g/mol. The maximum Gasteiger partial charge on any atom is 0.102 e. The fraction of sp³-hybridized carbons (Fsp3) is 0.852. The van der Waals surface area contributed by atoms with E-state index in [4.69, 9.17) is 5.26 Å². The molecule has 0 radical (unpaired) electrons. The lowest BCUT2D eigenvalue weighted by molar-refractivity contribution is -0.0843. The van der Waals surface area contributed by atoms with Crippen LogP contribution in [0.15, 0.2) is 12.4 Å². The SMILES string of the molecule is CC1CCC2C(CCC3C2CCC2(C)C3CCC2C(C)(C)Cn2cc(C#N)cn2)C1. The van der Waals surface area contributed by atoms with Crippen molar-refractivity contribution in [3.05, 3.63) is 18.0 Å². The highest BCUT2D eigenvalue weighted by molar-refractivity contribution is 5.21. The van der Waals surface area contributed by atoms with Crippen molar-refractivity contribution in [2.24, 2.45) is 52.3 Å². The summed E-state index contributed by atoms with van der Waals surface area (Å²) in [5, 5.41) is 13.6. The van der Waals surface area contributed by atoms with E-state index in [-0.39, 0.29) is 5.41 Å². The molecule has 4 saturated carbocycles. The predicted molar refractivity (Wildman–Crippen MR) is 120 cm³/mol. The molecule has 3 nitrogen and oxygen atoms in total. The summed E-state index contributed by atoms with van der Waals surface area (Å²) in [5.41, 5.74) is 1.39. The maximum atomic E-state index is 9.16. The van der Waals surface area contributed by atoms with Crippen LogP contribution in [-0.2, 0) is 6.54 Å². The Morgan fingerprint density at radius 2 is 1.90 bits per heavy atom. The molecule has 5 rings (SSSR count). The van der Waals surface area contributed by atoms with Gasteiger partial charge in [0, 0.05) is 12.7 Å². The first-order valence-electron chi connectivity index (χ1n) is 12.7. The van der Waals surface area contributed by atoms with Gasteiger partial charge in [0.15, 0.2) is 0 Å². The van der Waals surface area contributed by atoms with Gasteiger partial charge in [-0.1, -0.05) is 34.1 Å². The van der Waals surface area contributed by atoms with Crippen LogP contribution < -0.4 is 0 Å². The van der Waals surface area contributed by atoms with Crippen LogP contribution in [0.25, 0.3) is 0 Å². The summed E-state index contributed by atoms with van der Waals surface area (Å²) in [6, 6.07) is 2.23. The molecule has 1 aromatic heterocycles. The fourth-order valence-electron chi connectivity index (χ4n) is 9.41. The Morgan fingerprint density at radius 3 is 2.67 bits per heavy atom. The lowest BCUT2D eigenvalue weighted by Crippen LogP contribution is -2.50. The van der Waals surface area contributed by atoms with Gasteiger partial charge in [0.25, 0.3) is 0 Å². The Morgan fingerprint density at radius 1 is 1.10 bits per heavy atom. The van der Waals surface area contributed by atoms with E-state index in [9.17, 15) is 0 Å². The van der Waals surface area contributed by atoms with Crippen molar-refractivity contribution in [3.63, 3.8) is 0 Å². The molecule has 0 spiro atoms. The number of rotatable bonds is 3. The molecule has 8 unspecified atom stereocenters. The van der Waals surface area contributed by atoms with E-state index >= 15 is 0 Å². The second-order valence-electron chi connectivity index (χ2n) is 12.6. The molecule has 4 aliphatic carbocycles. The van der Waals surface area contributed by atoms with Gasteiger partial charge in [-0.05, 0) is 104 Å². The van der Waals surface area contributed by atoms with Crippen LogP contribution in [-0.4, -0.2) is 9.78 Å². The van der Waals surface area contributed by atoms with Crippen molar-refractivity contribution in [2.45, 2.75) is 92.0 Å². The molecule has 0 N–H and O–H groups in total. The van der Waals surface area contributed by atoms with Crippen LogP contribution in [0.2, 0.25) is 0 Å². The van der Waals surface area contributed by atoms with Crippen LogP contribution >= 0.6 is 0 Å². The molecule has 0 aliphatic heterocycles. The smallest absolute Gasteiger partial charge is 0.102 e. The van der Waals surface area contributed by atoms with Gasteiger partial charge in [-0.3, -0.25) is 4.68 Å². The zero-order chi connectivity index (χ0) is 21.1. The quantitative estimate of drug-likeness (QED) is 0.560. The van der Waals surface area contributed by atoms with Crippen molar-refractivity contribution >= 4 is 0 Å². The lowest BCUT2D eigenvalue weighted by atomic mass is 9.48. The van der Waals surface area contributed by atoms with E-state index < -0.39 is 0 Å². The second-order valence-corrected chi connectivity index (χ2v) is 12.6. The minimum absolute atomic E-state index is 0.215. The fourth-order valence-corrected chi connectivity index (χ4v) is 9.41. The number of aromatic nitrogens is 2. The molecule has 0 amide bonds. The monoisotopic (exact) mass is 407 g/mol. The molecule has 1 aromatic rings. The Balaban J connectivity index is 1.34. The number of fused-ring (bicyclic) bond motifs is 5. The van der Waals surface area contributed by atoms with Crippen molar-refractivity contribution in [1.82, 2.24) is 9.78 Å². The van der Waals surface area contributed by atoms with E-state index in [1.807, 2.05) is 10.9 Å². The van der Waals surface area contributed by atoms with Crippen LogP contribution in [0.3, 0.4) is 0 Å². The summed E-state index contributed by atoms with van der Waals surface area (Å²) in [6.07, 6.45) is 16.9. The topological polar surface area (TPSA) is 41.6 Å². The first-order chi connectivity index (χ1) is 14.3. The molecule has 0 aromatic carbocycles. The van der Waals surface area contributed by atoms with Gasteiger partial charge >= 0.3 is 0 Å². The molecule has 30 heavy (non-hydrogen) atoms. The third-order valence-electron chi connectivity index (χ3n) is 10.5. The van der Waals surface area contributed by atoms with Crippen LogP contribution in [0.5, 0.6) is 0 Å². The highest BCUT2D eigenvalue weighted by Crippen LogP contribution is 2.67. The van der Waals surface area contributed by atoms with Gasteiger partial charge in [-0.25, -0.2) is 0 Å². The Kier molecular flexibility index (Phi) is 5.07. The lowest BCUT2D eigenvalue weighted by Gasteiger charge is -2.57. The minimum Gasteiger partial charge on any atom is -0.271 e. The zero-order valence-electron chi connectivity index (χ0n) is 19.6. The van der Waals surface area contributed by atoms with Gasteiger partial charge in [0.2, 0.25) is 0 Å². The summed E-state index contributed by atoms with van der Waals surface area (Å²) in [4.78, 5) is 0. The van der Waals surface area contributed by atoms with E-state index in [0.29, 0.717) is 11.0 Å². The molecule has 0 bridgehead atoms. The van der Waals surface area contributed by atoms with Crippen molar-refractivity contribution < 1.29 is 0 Å². The van der Waals surface area contributed by atoms with Gasteiger partial charge in [0.1, 0.15) is 6.07 Å². The van der Waals surface area contributed by atoms with Gasteiger partial charge in [-0.2, -0.15) is 10.4 Å². The minimum atomic E-state index is 0.215. The first kappa shape index (κ1) is 20.6. The highest BCUT2D eigenvalue weighted by atomic mass is 15.3. The molecule has 4 fully saturated rings. The molecule has 164 valence electrons. The zero-order valence-corrected chi connectivity index (χ0v) is 19.6. The Labute approximate surface area is 183 Å². The van der Waals surface area contributed by atoms with E-state index in [1.54, 1.807) is 6.20 Å². The molecule has 0 saturated heterocycles. The summed E-state index contributed by atoms with van der Waals surface area (Å²) in [5.74, 6) is 6.78. The third kappa shape index (κ3) is 3.25. The number of nitriles is 1. The number of hydrogen-bond donors (Lipinski definition) is 0. The molecule has 1 heterocycles. The van der Waals surface area contributed by atoms with Crippen LogP contribution in [0.4, 0.5) is 0 Å². The van der Waals surface area contributed by atoms with Crippen LogP contribution in [0.1, 0.15) is 91.0 Å². The van der Waals surface area contributed by atoms with E-state index in [0.717, 1.165) is 48.0 Å². The highest BCUT2D eigenvalue weighted by Gasteiger charge is 2.59. The standard InChI is InChI=1S/C27H41N3/c1-18-5-7-21-20(13-18)6-8-23-22(21)11-12-27(4)24(23)9-10-25(27)26(2,3)17-30-16-19(14-28)15-29-30/h15-16,18,20-25H,5-13,17H2,1-4H3. The molecule has 4 aliphatic rings.